The number of nitrogens with zero attached hydrogens (tertiary/aromatic N) is 2. The molecule has 2 rings (SSSR count). The first kappa shape index (κ1) is 16.4. The number of imide groups is 1. The summed E-state index contributed by atoms with van der Waals surface area (Å²) in [5, 5.41) is 13.3. The van der Waals surface area contributed by atoms with E-state index in [2.05, 4.69) is 5.32 Å². The molecule has 0 aromatic heterocycles. The third-order valence-electron chi connectivity index (χ3n) is 3.49. The number of nitro benzene ring substituents is 1. The molecule has 0 spiro atoms. The van der Waals surface area contributed by atoms with Crippen molar-refractivity contribution < 1.29 is 19.3 Å². The van der Waals surface area contributed by atoms with Gasteiger partial charge in [0.2, 0.25) is 5.91 Å². The quantitative estimate of drug-likeness (QED) is 0.357. The molecule has 1 unspecified atom stereocenters. The van der Waals surface area contributed by atoms with E-state index in [1.54, 1.807) is 13.8 Å². The van der Waals surface area contributed by atoms with E-state index < -0.39 is 28.5 Å². The molecule has 1 aliphatic rings. The Morgan fingerprint density at radius 1 is 1.43 bits per heavy atom. The third kappa shape index (κ3) is 3.12. The lowest BCUT2D eigenvalue weighted by molar-refractivity contribution is -0.383. The maximum Gasteiger partial charge on any atom is 0.292 e. The standard InChI is InChI=1S/C14H16N4O5/c1-7(2)17-12(19)6-10(14(17)21)16-13(20)8-3-4-9(15)11(5-8)18(22)23/h3-5,7,10H,6,15H2,1-2H3,(H,16,20). The molecule has 122 valence electrons. The van der Waals surface area contributed by atoms with E-state index >= 15 is 0 Å². The van der Waals surface area contributed by atoms with E-state index in [1.165, 1.54) is 12.1 Å². The van der Waals surface area contributed by atoms with Crippen molar-refractivity contribution in [2.75, 3.05) is 5.73 Å². The average molecular weight is 320 g/mol. The van der Waals surface area contributed by atoms with Crippen molar-refractivity contribution in [2.45, 2.75) is 32.4 Å². The van der Waals surface area contributed by atoms with Crippen LogP contribution >= 0.6 is 0 Å². The Morgan fingerprint density at radius 3 is 2.61 bits per heavy atom. The first-order chi connectivity index (χ1) is 10.7. The summed E-state index contributed by atoms with van der Waals surface area (Å²) in [5.41, 5.74) is 5.00. The Hall–Kier alpha value is -2.97. The number of carbonyl (C=O) groups is 3. The first-order valence-electron chi connectivity index (χ1n) is 6.93. The van der Waals surface area contributed by atoms with Gasteiger partial charge in [0.1, 0.15) is 11.7 Å². The first-order valence-corrected chi connectivity index (χ1v) is 6.93. The summed E-state index contributed by atoms with van der Waals surface area (Å²) in [6.45, 7) is 3.40. The zero-order valence-corrected chi connectivity index (χ0v) is 12.6. The number of hydrogen-bond acceptors (Lipinski definition) is 6. The summed E-state index contributed by atoms with van der Waals surface area (Å²) in [6, 6.07) is 2.34. The third-order valence-corrected chi connectivity index (χ3v) is 3.49. The van der Waals surface area contributed by atoms with E-state index in [1.807, 2.05) is 0 Å². The molecule has 0 saturated carbocycles. The second-order valence-electron chi connectivity index (χ2n) is 5.46. The van der Waals surface area contributed by atoms with Crippen molar-refractivity contribution in [1.29, 1.82) is 0 Å². The van der Waals surface area contributed by atoms with Crippen molar-refractivity contribution in [2.24, 2.45) is 0 Å². The SMILES string of the molecule is CC(C)N1C(=O)CC(NC(=O)c2ccc(N)c([N+](=O)[O-])c2)C1=O. The summed E-state index contributed by atoms with van der Waals surface area (Å²) < 4.78 is 0. The van der Waals surface area contributed by atoms with E-state index in [9.17, 15) is 24.5 Å². The summed E-state index contributed by atoms with van der Waals surface area (Å²) in [6.07, 6.45) is -0.125. The number of amides is 3. The fourth-order valence-corrected chi connectivity index (χ4v) is 2.39. The lowest BCUT2D eigenvalue weighted by Crippen LogP contribution is -2.43. The predicted octanol–water partition coefficient (Wildman–Crippen LogP) is 0.443. The number of nitrogens with two attached hydrogens (primary N) is 1. The maximum absolute atomic E-state index is 12.2. The maximum atomic E-state index is 12.2. The molecular formula is C14H16N4O5. The van der Waals surface area contributed by atoms with Gasteiger partial charge in [-0.1, -0.05) is 0 Å². The van der Waals surface area contributed by atoms with Crippen LogP contribution in [-0.2, 0) is 9.59 Å². The predicted molar refractivity (Wildman–Crippen MR) is 80.4 cm³/mol. The van der Waals surface area contributed by atoms with Crippen molar-refractivity contribution in [3.63, 3.8) is 0 Å². The van der Waals surface area contributed by atoms with E-state index in [-0.39, 0.29) is 29.6 Å². The van der Waals surface area contributed by atoms with Gasteiger partial charge in [0.25, 0.3) is 17.5 Å². The molecule has 0 bridgehead atoms. The summed E-state index contributed by atoms with van der Waals surface area (Å²) in [7, 11) is 0. The molecule has 1 atom stereocenters. The Kier molecular flexibility index (Phi) is 4.30. The molecule has 1 fully saturated rings. The smallest absolute Gasteiger partial charge is 0.292 e. The second-order valence-corrected chi connectivity index (χ2v) is 5.46. The number of likely N-dealkylation sites (tertiary alicyclic amines) is 1. The molecular weight excluding hydrogens is 304 g/mol. The van der Waals surface area contributed by atoms with Gasteiger partial charge in [-0.25, -0.2) is 0 Å². The van der Waals surface area contributed by atoms with Crippen LogP contribution in [0.25, 0.3) is 0 Å². The van der Waals surface area contributed by atoms with Crippen molar-refractivity contribution >= 4 is 29.1 Å². The monoisotopic (exact) mass is 320 g/mol. The van der Waals surface area contributed by atoms with Gasteiger partial charge in [-0.05, 0) is 26.0 Å². The number of benzene rings is 1. The van der Waals surface area contributed by atoms with Gasteiger partial charge in [0.05, 0.1) is 11.3 Å². The summed E-state index contributed by atoms with van der Waals surface area (Å²) >= 11 is 0. The molecule has 9 nitrogen and oxygen atoms in total. The molecule has 1 saturated heterocycles. The van der Waals surface area contributed by atoms with Crippen LogP contribution in [0.1, 0.15) is 30.6 Å². The highest BCUT2D eigenvalue weighted by atomic mass is 16.6. The molecule has 1 heterocycles. The van der Waals surface area contributed by atoms with Crippen LogP contribution in [0.2, 0.25) is 0 Å². The minimum absolute atomic E-state index is 0.00542. The Balaban J connectivity index is 2.17. The van der Waals surface area contributed by atoms with Crippen LogP contribution in [0.5, 0.6) is 0 Å². The average Bonchev–Trinajstić information content (AvgIpc) is 2.73. The van der Waals surface area contributed by atoms with Crippen LogP contribution in [0.15, 0.2) is 18.2 Å². The van der Waals surface area contributed by atoms with Gasteiger partial charge < -0.3 is 11.1 Å². The number of anilines is 1. The second kappa shape index (κ2) is 6.03. The van der Waals surface area contributed by atoms with Crippen LogP contribution in [0.4, 0.5) is 11.4 Å². The van der Waals surface area contributed by atoms with Crippen molar-refractivity contribution in [1.82, 2.24) is 10.2 Å². The number of hydrogen-bond donors (Lipinski definition) is 2. The van der Waals surface area contributed by atoms with Crippen molar-refractivity contribution in [3.05, 3.63) is 33.9 Å². The van der Waals surface area contributed by atoms with Crippen LogP contribution in [0.3, 0.4) is 0 Å². The topological polar surface area (TPSA) is 136 Å². The van der Waals surface area contributed by atoms with Gasteiger partial charge in [0, 0.05) is 17.7 Å². The number of carbonyl (C=O) groups excluding carboxylic acids is 3. The fourth-order valence-electron chi connectivity index (χ4n) is 2.39. The lowest BCUT2D eigenvalue weighted by Gasteiger charge is -2.19. The van der Waals surface area contributed by atoms with Gasteiger partial charge in [-0.15, -0.1) is 0 Å². The van der Waals surface area contributed by atoms with Gasteiger partial charge in [0.15, 0.2) is 0 Å². The molecule has 3 amide bonds. The largest absolute Gasteiger partial charge is 0.393 e. The number of nitrogens with one attached hydrogen (secondary N) is 1. The minimum Gasteiger partial charge on any atom is -0.393 e. The van der Waals surface area contributed by atoms with Crippen LogP contribution in [0, 0.1) is 10.1 Å². The Bertz CT molecular complexity index is 700. The Labute approximate surface area is 131 Å². The zero-order chi connectivity index (χ0) is 17.3. The van der Waals surface area contributed by atoms with Gasteiger partial charge >= 0.3 is 0 Å². The molecule has 1 aromatic rings. The minimum atomic E-state index is -0.964. The number of nitro groups is 1. The van der Waals surface area contributed by atoms with E-state index in [4.69, 9.17) is 5.73 Å². The lowest BCUT2D eigenvalue weighted by atomic mass is 10.1. The van der Waals surface area contributed by atoms with Gasteiger partial charge in [-0.2, -0.15) is 0 Å². The van der Waals surface area contributed by atoms with E-state index in [0.717, 1.165) is 11.0 Å². The van der Waals surface area contributed by atoms with Crippen LogP contribution < -0.4 is 11.1 Å². The molecule has 1 aliphatic heterocycles. The van der Waals surface area contributed by atoms with Crippen LogP contribution in [-0.4, -0.2) is 39.6 Å². The van der Waals surface area contributed by atoms with E-state index in [0.29, 0.717) is 0 Å². The molecule has 1 aromatic carbocycles. The zero-order valence-electron chi connectivity index (χ0n) is 12.6. The molecule has 0 radical (unpaired) electrons. The molecule has 3 N–H and O–H groups in total. The highest BCUT2D eigenvalue weighted by molar-refractivity contribution is 6.08. The summed E-state index contributed by atoms with van der Waals surface area (Å²) in [4.78, 5) is 47.3. The Morgan fingerprint density at radius 2 is 2.09 bits per heavy atom. The normalized spacial score (nSPS) is 17.7. The highest BCUT2D eigenvalue weighted by Crippen LogP contribution is 2.23. The molecule has 0 aliphatic carbocycles. The molecule has 9 heteroatoms. The molecule has 23 heavy (non-hydrogen) atoms. The van der Waals surface area contributed by atoms with Gasteiger partial charge in [-0.3, -0.25) is 29.4 Å². The summed E-state index contributed by atoms with van der Waals surface area (Å²) in [5.74, 6) is -1.52. The number of rotatable bonds is 4. The fraction of sp³-hybridized carbons (Fsp3) is 0.357. The number of nitrogen functional groups attached to an aromatic ring is 1. The van der Waals surface area contributed by atoms with Crippen molar-refractivity contribution in [3.8, 4) is 0 Å². The highest BCUT2D eigenvalue weighted by Gasteiger charge is 2.40.